The van der Waals surface area contributed by atoms with Crippen molar-refractivity contribution in [3.05, 3.63) is 54.1 Å². The zero-order valence-electron chi connectivity index (χ0n) is 11.9. The molecular weight excluding hydrogens is 328 g/mol. The topological polar surface area (TPSA) is 87.3 Å². The predicted octanol–water partition coefficient (Wildman–Crippen LogP) is 2.98. The lowest BCUT2D eigenvalue weighted by Gasteiger charge is -2.10. The number of carbonyl (C=O) groups is 1. The molecule has 0 bridgehead atoms. The molecule has 2 amide bonds. The summed E-state index contributed by atoms with van der Waals surface area (Å²) in [6.45, 7) is 0. The third kappa shape index (κ3) is 4.92. The Morgan fingerprint density at radius 2 is 1.43 bits per heavy atom. The molecule has 0 aliphatic heterocycles. The van der Waals surface area contributed by atoms with Gasteiger partial charge < -0.3 is 10.6 Å². The van der Waals surface area contributed by atoms with Crippen LogP contribution in [-0.4, -0.2) is 20.7 Å². The van der Waals surface area contributed by atoms with Gasteiger partial charge in [-0.3, -0.25) is 4.72 Å². The van der Waals surface area contributed by atoms with Crippen LogP contribution < -0.4 is 15.4 Å². The number of benzene rings is 2. The first kappa shape index (κ1) is 16.7. The van der Waals surface area contributed by atoms with Crippen LogP contribution >= 0.6 is 0 Å². The number of sulfonamides is 1. The van der Waals surface area contributed by atoms with Crippen molar-refractivity contribution in [2.24, 2.45) is 0 Å². The van der Waals surface area contributed by atoms with Crippen molar-refractivity contribution in [1.82, 2.24) is 0 Å². The fourth-order valence-electron chi connectivity index (χ4n) is 1.73. The summed E-state index contributed by atoms with van der Waals surface area (Å²) >= 11 is 0. The van der Waals surface area contributed by atoms with E-state index in [1.165, 1.54) is 30.3 Å². The van der Waals surface area contributed by atoms with Crippen LogP contribution in [0.5, 0.6) is 0 Å². The molecule has 9 heteroatoms. The first-order valence-corrected chi connectivity index (χ1v) is 8.23. The minimum atomic E-state index is -3.40. The summed E-state index contributed by atoms with van der Waals surface area (Å²) in [7, 11) is -3.40. The number of anilines is 3. The molecule has 0 saturated carbocycles. The van der Waals surface area contributed by atoms with Crippen molar-refractivity contribution in [3.8, 4) is 0 Å². The van der Waals surface area contributed by atoms with Crippen molar-refractivity contribution in [1.29, 1.82) is 0 Å². The van der Waals surface area contributed by atoms with Gasteiger partial charge in [-0.1, -0.05) is 6.07 Å². The van der Waals surface area contributed by atoms with E-state index in [2.05, 4.69) is 15.4 Å². The van der Waals surface area contributed by atoms with Gasteiger partial charge in [-0.25, -0.2) is 22.0 Å². The van der Waals surface area contributed by atoms with Gasteiger partial charge in [-0.2, -0.15) is 0 Å². The average molecular weight is 341 g/mol. The summed E-state index contributed by atoms with van der Waals surface area (Å²) in [6.07, 6.45) is 1.01. The molecule has 0 aliphatic carbocycles. The second kappa shape index (κ2) is 6.61. The number of halogens is 2. The zero-order chi connectivity index (χ0) is 17.0. The number of rotatable bonds is 4. The predicted molar refractivity (Wildman–Crippen MR) is 83.9 cm³/mol. The lowest BCUT2D eigenvalue weighted by atomic mass is 10.3. The molecule has 0 radical (unpaired) electrons. The lowest BCUT2D eigenvalue weighted by Crippen LogP contribution is -2.21. The molecule has 0 unspecified atom stereocenters. The Morgan fingerprint density at radius 1 is 0.913 bits per heavy atom. The van der Waals surface area contributed by atoms with E-state index in [9.17, 15) is 22.0 Å². The monoisotopic (exact) mass is 341 g/mol. The minimum Gasteiger partial charge on any atom is -0.308 e. The normalized spacial score (nSPS) is 10.9. The third-order valence-corrected chi connectivity index (χ3v) is 3.25. The Bertz CT molecular complexity index is 803. The average Bonchev–Trinajstić information content (AvgIpc) is 2.44. The van der Waals surface area contributed by atoms with E-state index in [0.29, 0.717) is 11.4 Å². The molecule has 0 fully saturated rings. The highest BCUT2D eigenvalue weighted by molar-refractivity contribution is 7.92. The molecule has 0 saturated heterocycles. The maximum atomic E-state index is 13.4. The number of para-hydroxylation sites is 1. The van der Waals surface area contributed by atoms with Crippen LogP contribution in [0.2, 0.25) is 0 Å². The van der Waals surface area contributed by atoms with Gasteiger partial charge >= 0.3 is 6.03 Å². The SMILES string of the molecule is CS(=O)(=O)Nc1ccc(NC(=O)Nc2c(F)cccc2F)cc1. The second-order valence-corrected chi connectivity index (χ2v) is 6.38. The van der Waals surface area contributed by atoms with Crippen molar-refractivity contribution in [3.63, 3.8) is 0 Å². The number of urea groups is 1. The van der Waals surface area contributed by atoms with E-state index in [1.807, 2.05) is 0 Å². The molecule has 23 heavy (non-hydrogen) atoms. The zero-order valence-corrected chi connectivity index (χ0v) is 12.7. The number of amides is 2. The minimum absolute atomic E-state index is 0.318. The number of carbonyl (C=O) groups excluding carboxylic acids is 1. The van der Waals surface area contributed by atoms with Gasteiger partial charge in [0.25, 0.3) is 0 Å². The van der Waals surface area contributed by atoms with Crippen molar-refractivity contribution < 1.29 is 22.0 Å². The van der Waals surface area contributed by atoms with E-state index in [-0.39, 0.29) is 0 Å². The van der Waals surface area contributed by atoms with Gasteiger partial charge in [0, 0.05) is 11.4 Å². The fourth-order valence-corrected chi connectivity index (χ4v) is 2.29. The Labute approximate surface area is 131 Å². The van der Waals surface area contributed by atoms with E-state index in [4.69, 9.17) is 0 Å². The molecule has 122 valence electrons. The molecule has 0 aliphatic rings. The smallest absolute Gasteiger partial charge is 0.308 e. The molecule has 0 atom stereocenters. The van der Waals surface area contributed by atoms with Crippen LogP contribution in [-0.2, 0) is 10.0 Å². The molecular formula is C14H13F2N3O3S. The highest BCUT2D eigenvalue weighted by Crippen LogP contribution is 2.19. The molecule has 6 nitrogen and oxygen atoms in total. The highest BCUT2D eigenvalue weighted by atomic mass is 32.2. The first-order valence-electron chi connectivity index (χ1n) is 6.34. The lowest BCUT2D eigenvalue weighted by molar-refractivity contribution is 0.262. The maximum absolute atomic E-state index is 13.4. The summed E-state index contributed by atoms with van der Waals surface area (Å²) in [5.74, 6) is -1.79. The van der Waals surface area contributed by atoms with E-state index in [1.54, 1.807) is 0 Å². The molecule has 2 aromatic carbocycles. The number of hydrogen-bond donors (Lipinski definition) is 3. The Hall–Kier alpha value is -2.68. The quantitative estimate of drug-likeness (QED) is 0.799. The Morgan fingerprint density at radius 3 is 1.96 bits per heavy atom. The Kier molecular flexibility index (Phi) is 4.80. The molecule has 0 heterocycles. The van der Waals surface area contributed by atoms with Gasteiger partial charge in [0.2, 0.25) is 10.0 Å². The van der Waals surface area contributed by atoms with Crippen LogP contribution in [0, 0.1) is 11.6 Å². The van der Waals surface area contributed by atoms with Crippen LogP contribution in [0.25, 0.3) is 0 Å². The van der Waals surface area contributed by atoms with Crippen LogP contribution in [0.3, 0.4) is 0 Å². The van der Waals surface area contributed by atoms with Gasteiger partial charge in [-0.15, -0.1) is 0 Å². The highest BCUT2D eigenvalue weighted by Gasteiger charge is 2.12. The van der Waals surface area contributed by atoms with Crippen molar-refractivity contribution >= 4 is 33.1 Å². The molecule has 3 N–H and O–H groups in total. The summed E-state index contributed by atoms with van der Waals surface area (Å²) in [4.78, 5) is 11.7. The van der Waals surface area contributed by atoms with E-state index >= 15 is 0 Å². The standard InChI is InChI=1S/C14H13F2N3O3S/c1-23(21,22)19-10-7-5-9(6-8-10)17-14(20)18-13-11(15)3-2-4-12(13)16/h2-8,19H,1H3,(H2,17,18,20). The van der Waals surface area contributed by atoms with Gasteiger partial charge in [0.15, 0.2) is 0 Å². The van der Waals surface area contributed by atoms with Crippen LogP contribution in [0.4, 0.5) is 30.6 Å². The second-order valence-electron chi connectivity index (χ2n) is 4.63. The van der Waals surface area contributed by atoms with Crippen molar-refractivity contribution in [2.45, 2.75) is 0 Å². The first-order chi connectivity index (χ1) is 10.7. The number of hydrogen-bond acceptors (Lipinski definition) is 3. The summed E-state index contributed by atoms with van der Waals surface area (Å²) < 4.78 is 51.2. The van der Waals surface area contributed by atoms with E-state index in [0.717, 1.165) is 18.4 Å². The van der Waals surface area contributed by atoms with Crippen LogP contribution in [0.1, 0.15) is 0 Å². The summed E-state index contributed by atoms with van der Waals surface area (Å²) in [5.41, 5.74) is 0.0808. The maximum Gasteiger partial charge on any atom is 0.323 e. The largest absolute Gasteiger partial charge is 0.323 e. The molecule has 0 spiro atoms. The van der Waals surface area contributed by atoms with Crippen LogP contribution in [0.15, 0.2) is 42.5 Å². The van der Waals surface area contributed by atoms with Gasteiger partial charge in [-0.05, 0) is 36.4 Å². The summed E-state index contributed by atoms with van der Waals surface area (Å²) in [5, 5.41) is 4.44. The van der Waals surface area contributed by atoms with Gasteiger partial charge in [0.05, 0.1) is 6.26 Å². The van der Waals surface area contributed by atoms with Gasteiger partial charge in [0.1, 0.15) is 17.3 Å². The fraction of sp³-hybridized carbons (Fsp3) is 0.0714. The molecule has 0 aromatic heterocycles. The third-order valence-electron chi connectivity index (χ3n) is 2.65. The number of nitrogens with one attached hydrogen (secondary N) is 3. The summed E-state index contributed by atoms with van der Waals surface area (Å²) in [6, 6.07) is 8.12. The van der Waals surface area contributed by atoms with E-state index < -0.39 is 33.4 Å². The molecule has 2 aromatic rings. The molecule has 2 rings (SSSR count). The Balaban J connectivity index is 2.03. The van der Waals surface area contributed by atoms with Crippen molar-refractivity contribution in [2.75, 3.05) is 21.6 Å².